The molecule has 0 bridgehead atoms. The maximum absolute atomic E-state index is 12.2. The molecule has 0 radical (unpaired) electrons. The van der Waals surface area contributed by atoms with E-state index >= 15 is 0 Å². The Morgan fingerprint density at radius 1 is 1.07 bits per heavy atom. The SMILES string of the molecule is Cc1ccccc1C(=O)NCCOc1ccc2nnc(-c3ccccc3Cl)n2n1. The van der Waals surface area contributed by atoms with E-state index in [1.54, 1.807) is 28.8 Å². The monoisotopic (exact) mass is 407 g/mol. The molecule has 0 atom stereocenters. The maximum atomic E-state index is 12.2. The molecule has 2 aromatic heterocycles. The first kappa shape index (κ1) is 18.9. The van der Waals surface area contributed by atoms with Crippen molar-refractivity contribution in [2.24, 2.45) is 0 Å². The number of carbonyl (C=O) groups is 1. The lowest BCUT2D eigenvalue weighted by atomic mass is 10.1. The molecule has 0 aliphatic carbocycles. The Hall–Kier alpha value is -3.45. The van der Waals surface area contributed by atoms with Crippen molar-refractivity contribution in [1.82, 2.24) is 25.1 Å². The van der Waals surface area contributed by atoms with Crippen LogP contribution in [0.4, 0.5) is 0 Å². The van der Waals surface area contributed by atoms with Crippen molar-refractivity contribution in [3.8, 4) is 17.3 Å². The number of nitrogens with zero attached hydrogens (tertiary/aromatic N) is 4. The zero-order valence-electron chi connectivity index (χ0n) is 15.7. The summed E-state index contributed by atoms with van der Waals surface area (Å²) in [5, 5.41) is 16.2. The van der Waals surface area contributed by atoms with E-state index in [0.717, 1.165) is 11.1 Å². The second kappa shape index (κ2) is 8.28. The van der Waals surface area contributed by atoms with E-state index < -0.39 is 0 Å². The number of halogens is 1. The summed E-state index contributed by atoms with van der Waals surface area (Å²) in [6.07, 6.45) is 0. The number of carbonyl (C=O) groups excluding carboxylic acids is 1. The molecule has 0 unspecified atom stereocenters. The summed E-state index contributed by atoms with van der Waals surface area (Å²) in [7, 11) is 0. The number of benzene rings is 2. The van der Waals surface area contributed by atoms with E-state index in [4.69, 9.17) is 16.3 Å². The molecule has 0 spiro atoms. The third kappa shape index (κ3) is 4.05. The number of amides is 1. The Bertz CT molecular complexity index is 1170. The zero-order chi connectivity index (χ0) is 20.2. The zero-order valence-corrected chi connectivity index (χ0v) is 16.4. The van der Waals surface area contributed by atoms with Crippen LogP contribution in [0.5, 0.6) is 5.88 Å². The Morgan fingerprint density at radius 3 is 2.69 bits per heavy atom. The fourth-order valence-corrected chi connectivity index (χ4v) is 3.12. The van der Waals surface area contributed by atoms with Crippen LogP contribution in [0.1, 0.15) is 15.9 Å². The molecule has 2 heterocycles. The standard InChI is InChI=1S/C21H18ClN5O2/c1-14-6-2-3-7-15(14)21(28)23-12-13-29-19-11-10-18-24-25-20(27(18)26-19)16-8-4-5-9-17(16)22/h2-11H,12-13H2,1H3,(H,23,28). The largest absolute Gasteiger partial charge is 0.475 e. The number of nitrogens with one attached hydrogen (secondary N) is 1. The average molecular weight is 408 g/mol. The van der Waals surface area contributed by atoms with Crippen LogP contribution in [0.15, 0.2) is 60.7 Å². The van der Waals surface area contributed by atoms with Crippen molar-refractivity contribution in [2.75, 3.05) is 13.2 Å². The molecule has 0 saturated carbocycles. The predicted octanol–water partition coefficient (Wildman–Crippen LogP) is 3.56. The van der Waals surface area contributed by atoms with Crippen LogP contribution in [0.25, 0.3) is 17.0 Å². The van der Waals surface area contributed by atoms with Crippen molar-refractivity contribution in [3.63, 3.8) is 0 Å². The number of aryl methyl sites for hydroxylation is 1. The van der Waals surface area contributed by atoms with Crippen LogP contribution >= 0.6 is 11.6 Å². The van der Waals surface area contributed by atoms with Gasteiger partial charge >= 0.3 is 0 Å². The van der Waals surface area contributed by atoms with Gasteiger partial charge in [-0.3, -0.25) is 4.79 Å². The van der Waals surface area contributed by atoms with E-state index in [2.05, 4.69) is 20.6 Å². The van der Waals surface area contributed by atoms with Crippen LogP contribution in [0, 0.1) is 6.92 Å². The van der Waals surface area contributed by atoms with Crippen molar-refractivity contribution in [3.05, 3.63) is 76.8 Å². The Morgan fingerprint density at radius 2 is 1.86 bits per heavy atom. The Labute approximate surface area is 172 Å². The quantitative estimate of drug-likeness (QED) is 0.494. The fourth-order valence-electron chi connectivity index (χ4n) is 2.90. The third-order valence-electron chi connectivity index (χ3n) is 4.38. The van der Waals surface area contributed by atoms with Crippen LogP contribution in [-0.2, 0) is 0 Å². The maximum Gasteiger partial charge on any atom is 0.251 e. The minimum Gasteiger partial charge on any atom is -0.475 e. The number of hydrogen-bond donors (Lipinski definition) is 1. The molecule has 29 heavy (non-hydrogen) atoms. The third-order valence-corrected chi connectivity index (χ3v) is 4.71. The van der Waals surface area contributed by atoms with Gasteiger partial charge in [0.15, 0.2) is 11.5 Å². The van der Waals surface area contributed by atoms with Gasteiger partial charge in [0.25, 0.3) is 5.91 Å². The lowest BCUT2D eigenvalue weighted by molar-refractivity contribution is 0.0946. The molecule has 1 amide bonds. The van der Waals surface area contributed by atoms with E-state index in [1.807, 2.05) is 43.3 Å². The number of aromatic nitrogens is 4. The minimum atomic E-state index is -0.130. The predicted molar refractivity (Wildman–Crippen MR) is 110 cm³/mol. The number of hydrogen-bond acceptors (Lipinski definition) is 5. The highest BCUT2D eigenvalue weighted by Gasteiger charge is 2.13. The first-order valence-corrected chi connectivity index (χ1v) is 9.45. The van der Waals surface area contributed by atoms with Gasteiger partial charge in [-0.15, -0.1) is 15.3 Å². The minimum absolute atomic E-state index is 0.130. The van der Waals surface area contributed by atoms with Gasteiger partial charge in [0.1, 0.15) is 6.61 Å². The molecule has 0 aliphatic rings. The van der Waals surface area contributed by atoms with Gasteiger partial charge in [-0.25, -0.2) is 0 Å². The molecule has 7 nitrogen and oxygen atoms in total. The highest BCUT2D eigenvalue weighted by atomic mass is 35.5. The normalized spacial score (nSPS) is 10.8. The summed E-state index contributed by atoms with van der Waals surface area (Å²) in [5.74, 6) is 0.801. The molecule has 2 aromatic carbocycles. The second-order valence-corrected chi connectivity index (χ2v) is 6.77. The lowest BCUT2D eigenvalue weighted by Gasteiger charge is -2.09. The van der Waals surface area contributed by atoms with Crippen molar-refractivity contribution in [2.45, 2.75) is 6.92 Å². The summed E-state index contributed by atoms with van der Waals surface area (Å²) in [6.45, 7) is 2.53. The van der Waals surface area contributed by atoms with Gasteiger partial charge in [-0.2, -0.15) is 4.52 Å². The Balaban J connectivity index is 1.43. The molecule has 1 N–H and O–H groups in total. The molecule has 0 fully saturated rings. The second-order valence-electron chi connectivity index (χ2n) is 6.36. The van der Waals surface area contributed by atoms with Gasteiger partial charge in [-0.05, 0) is 36.8 Å². The highest BCUT2D eigenvalue weighted by molar-refractivity contribution is 6.33. The molecular formula is C21H18ClN5O2. The summed E-state index contributed by atoms with van der Waals surface area (Å²) >= 11 is 6.27. The molecule has 8 heteroatoms. The van der Waals surface area contributed by atoms with Gasteiger partial charge in [-0.1, -0.05) is 41.9 Å². The topological polar surface area (TPSA) is 81.4 Å². The van der Waals surface area contributed by atoms with E-state index in [1.165, 1.54) is 0 Å². The first-order chi connectivity index (χ1) is 14.1. The molecule has 4 aromatic rings. The van der Waals surface area contributed by atoms with Crippen LogP contribution in [0.3, 0.4) is 0 Å². The number of ether oxygens (including phenoxy) is 1. The molecule has 4 rings (SSSR count). The number of fused-ring (bicyclic) bond motifs is 1. The highest BCUT2D eigenvalue weighted by Crippen LogP contribution is 2.26. The molecule has 0 aliphatic heterocycles. The first-order valence-electron chi connectivity index (χ1n) is 9.07. The van der Waals surface area contributed by atoms with Crippen molar-refractivity contribution >= 4 is 23.2 Å². The number of rotatable bonds is 6. The van der Waals surface area contributed by atoms with Crippen LogP contribution in [0.2, 0.25) is 5.02 Å². The van der Waals surface area contributed by atoms with E-state index in [0.29, 0.717) is 34.5 Å². The van der Waals surface area contributed by atoms with Gasteiger partial charge < -0.3 is 10.1 Å². The smallest absolute Gasteiger partial charge is 0.251 e. The fraction of sp³-hybridized carbons (Fsp3) is 0.143. The van der Waals surface area contributed by atoms with E-state index in [-0.39, 0.29) is 12.5 Å². The summed E-state index contributed by atoms with van der Waals surface area (Å²) in [6, 6.07) is 18.3. The van der Waals surface area contributed by atoms with Gasteiger partial charge in [0.2, 0.25) is 5.88 Å². The van der Waals surface area contributed by atoms with Crippen LogP contribution < -0.4 is 10.1 Å². The van der Waals surface area contributed by atoms with Gasteiger partial charge in [0, 0.05) is 17.2 Å². The molecule has 146 valence electrons. The van der Waals surface area contributed by atoms with Crippen molar-refractivity contribution < 1.29 is 9.53 Å². The van der Waals surface area contributed by atoms with E-state index in [9.17, 15) is 4.79 Å². The average Bonchev–Trinajstić information content (AvgIpc) is 3.15. The van der Waals surface area contributed by atoms with Gasteiger partial charge in [0.05, 0.1) is 11.6 Å². The molecular weight excluding hydrogens is 390 g/mol. The lowest BCUT2D eigenvalue weighted by Crippen LogP contribution is -2.28. The van der Waals surface area contributed by atoms with Crippen LogP contribution in [-0.4, -0.2) is 38.9 Å². The van der Waals surface area contributed by atoms with Crippen molar-refractivity contribution in [1.29, 1.82) is 0 Å². The Kier molecular flexibility index (Phi) is 5.39. The molecule has 0 saturated heterocycles. The summed E-state index contributed by atoms with van der Waals surface area (Å²) in [4.78, 5) is 12.2. The summed E-state index contributed by atoms with van der Waals surface area (Å²) in [5.41, 5.74) is 2.90. The summed E-state index contributed by atoms with van der Waals surface area (Å²) < 4.78 is 7.27.